The molecule has 1 aromatic heterocycles. The molecule has 1 amide bonds. The number of nitrogens with zero attached hydrogens (tertiary/aromatic N) is 1. The third-order valence-electron chi connectivity index (χ3n) is 4.72. The molecule has 2 heterocycles. The van der Waals surface area contributed by atoms with Gasteiger partial charge in [-0.1, -0.05) is 24.3 Å². The number of hydrogen-bond donors (Lipinski definition) is 1. The summed E-state index contributed by atoms with van der Waals surface area (Å²) in [6.45, 7) is 0.334. The highest BCUT2D eigenvalue weighted by molar-refractivity contribution is 7.09. The van der Waals surface area contributed by atoms with Crippen molar-refractivity contribution < 1.29 is 19.1 Å². The van der Waals surface area contributed by atoms with Crippen LogP contribution in [-0.4, -0.2) is 16.8 Å². The Morgan fingerprint density at radius 2 is 1.81 bits per heavy atom. The number of aliphatic hydroxyl groups is 1. The zero-order valence-electron chi connectivity index (χ0n) is 14.3. The van der Waals surface area contributed by atoms with Gasteiger partial charge in [-0.15, -0.1) is 11.3 Å². The van der Waals surface area contributed by atoms with Crippen LogP contribution in [0.5, 0.6) is 0 Å². The lowest BCUT2D eigenvalue weighted by Gasteiger charge is -2.22. The van der Waals surface area contributed by atoms with Gasteiger partial charge in [0, 0.05) is 16.0 Å². The summed E-state index contributed by atoms with van der Waals surface area (Å²) in [5, 5.41) is 13.1. The van der Waals surface area contributed by atoms with Gasteiger partial charge >= 0.3 is 0 Å². The number of thiophene rings is 1. The van der Waals surface area contributed by atoms with E-state index >= 15 is 0 Å². The third kappa shape index (κ3) is 3.07. The first-order chi connectivity index (χ1) is 13.0. The first-order valence-electron chi connectivity index (χ1n) is 8.44. The first kappa shape index (κ1) is 17.6. The monoisotopic (exact) mass is 381 g/mol. The number of Topliss-reactive ketones (excluding diaryl/α,β-unsaturated/α-hetero) is 1. The van der Waals surface area contributed by atoms with Crippen molar-refractivity contribution in [2.24, 2.45) is 0 Å². The number of hydrogen-bond acceptors (Lipinski definition) is 4. The van der Waals surface area contributed by atoms with E-state index in [1.54, 1.807) is 24.3 Å². The van der Waals surface area contributed by atoms with Gasteiger partial charge in [-0.05, 0) is 41.8 Å². The molecule has 136 valence electrons. The van der Waals surface area contributed by atoms with Crippen molar-refractivity contribution >= 4 is 28.7 Å². The zero-order valence-corrected chi connectivity index (χ0v) is 15.1. The number of ketones is 1. The van der Waals surface area contributed by atoms with Crippen molar-refractivity contribution in [1.82, 2.24) is 0 Å². The zero-order chi connectivity index (χ0) is 19.0. The highest BCUT2D eigenvalue weighted by Crippen LogP contribution is 2.43. The van der Waals surface area contributed by atoms with Crippen LogP contribution >= 0.6 is 11.3 Å². The van der Waals surface area contributed by atoms with E-state index in [1.165, 1.54) is 40.5 Å². The second kappa shape index (κ2) is 6.72. The van der Waals surface area contributed by atoms with E-state index < -0.39 is 29.5 Å². The van der Waals surface area contributed by atoms with Crippen LogP contribution in [0.2, 0.25) is 0 Å². The predicted octanol–water partition coefficient (Wildman–Crippen LogP) is 3.89. The summed E-state index contributed by atoms with van der Waals surface area (Å²) >= 11 is 1.52. The van der Waals surface area contributed by atoms with E-state index in [-0.39, 0.29) is 5.56 Å². The maximum atomic E-state index is 13.1. The summed E-state index contributed by atoms with van der Waals surface area (Å²) in [5.41, 5.74) is -0.654. The van der Waals surface area contributed by atoms with Crippen molar-refractivity contribution in [2.75, 3.05) is 4.90 Å². The fraction of sp³-hybridized carbons (Fsp3) is 0.143. The fourth-order valence-electron chi connectivity index (χ4n) is 3.36. The molecule has 1 aliphatic heterocycles. The smallest absolute Gasteiger partial charge is 0.264 e. The van der Waals surface area contributed by atoms with Gasteiger partial charge in [0.25, 0.3) is 5.91 Å². The lowest BCUT2D eigenvalue weighted by atomic mass is 9.88. The minimum Gasteiger partial charge on any atom is -0.375 e. The van der Waals surface area contributed by atoms with Crippen LogP contribution in [0.1, 0.15) is 27.2 Å². The Hall–Kier alpha value is -2.83. The molecule has 6 heteroatoms. The average Bonchev–Trinajstić information content (AvgIpc) is 3.25. The second-order valence-electron chi connectivity index (χ2n) is 6.45. The Morgan fingerprint density at radius 3 is 2.52 bits per heavy atom. The largest absolute Gasteiger partial charge is 0.375 e. The van der Waals surface area contributed by atoms with Crippen LogP contribution in [0.3, 0.4) is 0 Å². The van der Waals surface area contributed by atoms with E-state index in [9.17, 15) is 19.1 Å². The molecule has 0 unspecified atom stereocenters. The number of carbonyl (C=O) groups excluding carboxylic acids is 2. The Bertz CT molecular complexity index is 1000. The number of anilines is 1. The van der Waals surface area contributed by atoms with E-state index in [1.807, 2.05) is 17.5 Å². The number of rotatable bonds is 5. The van der Waals surface area contributed by atoms with Crippen LogP contribution in [0.25, 0.3) is 0 Å². The van der Waals surface area contributed by atoms with Gasteiger partial charge < -0.3 is 10.0 Å². The highest BCUT2D eigenvalue weighted by Gasteiger charge is 2.50. The molecule has 0 saturated carbocycles. The molecule has 0 bridgehead atoms. The number of para-hydroxylation sites is 1. The summed E-state index contributed by atoms with van der Waals surface area (Å²) in [4.78, 5) is 28.2. The minimum atomic E-state index is -1.93. The van der Waals surface area contributed by atoms with E-state index in [2.05, 4.69) is 0 Å². The molecule has 1 N–H and O–H groups in total. The summed E-state index contributed by atoms with van der Waals surface area (Å²) in [6.07, 6.45) is -0.393. The van der Waals surface area contributed by atoms with Gasteiger partial charge in [-0.2, -0.15) is 0 Å². The summed E-state index contributed by atoms with van der Waals surface area (Å²) in [7, 11) is 0. The van der Waals surface area contributed by atoms with Crippen molar-refractivity contribution in [3.63, 3.8) is 0 Å². The maximum absolute atomic E-state index is 13.1. The molecule has 0 radical (unpaired) electrons. The Labute approximate surface area is 159 Å². The van der Waals surface area contributed by atoms with Gasteiger partial charge in [0.2, 0.25) is 0 Å². The molecule has 0 spiro atoms. The summed E-state index contributed by atoms with van der Waals surface area (Å²) < 4.78 is 13.1. The van der Waals surface area contributed by atoms with Crippen LogP contribution in [0.4, 0.5) is 10.1 Å². The number of halogens is 1. The molecule has 4 nitrogen and oxygen atoms in total. The molecule has 0 saturated heterocycles. The average molecular weight is 381 g/mol. The lowest BCUT2D eigenvalue weighted by molar-refractivity contribution is -0.136. The molecule has 2 aromatic carbocycles. The van der Waals surface area contributed by atoms with E-state index in [0.717, 1.165) is 4.88 Å². The molecule has 4 rings (SSSR count). The van der Waals surface area contributed by atoms with Crippen molar-refractivity contribution in [2.45, 2.75) is 18.6 Å². The Morgan fingerprint density at radius 1 is 1.07 bits per heavy atom. The van der Waals surface area contributed by atoms with Crippen molar-refractivity contribution in [1.29, 1.82) is 0 Å². The summed E-state index contributed by atoms with van der Waals surface area (Å²) in [6, 6.07) is 15.9. The molecule has 27 heavy (non-hydrogen) atoms. The Balaban J connectivity index is 1.68. The molecule has 3 aromatic rings. The van der Waals surface area contributed by atoms with E-state index in [0.29, 0.717) is 17.8 Å². The molecule has 1 atom stereocenters. The predicted molar refractivity (Wildman–Crippen MR) is 101 cm³/mol. The number of amides is 1. The third-order valence-corrected chi connectivity index (χ3v) is 5.58. The van der Waals surface area contributed by atoms with Gasteiger partial charge in [0.05, 0.1) is 18.7 Å². The SMILES string of the molecule is O=C(C[C@]1(O)C(=O)N(Cc2cccs2)c2ccccc21)c1ccc(F)cc1. The Kier molecular flexibility index (Phi) is 4.37. The van der Waals surface area contributed by atoms with Gasteiger partial charge in [-0.25, -0.2) is 4.39 Å². The molecular weight excluding hydrogens is 365 g/mol. The first-order valence-corrected chi connectivity index (χ1v) is 9.32. The summed E-state index contributed by atoms with van der Waals surface area (Å²) in [5.74, 6) is -1.39. The van der Waals surface area contributed by atoms with Gasteiger partial charge in [-0.3, -0.25) is 9.59 Å². The normalized spacial score (nSPS) is 18.6. The maximum Gasteiger partial charge on any atom is 0.264 e. The topological polar surface area (TPSA) is 57.6 Å². The highest BCUT2D eigenvalue weighted by atomic mass is 32.1. The number of carbonyl (C=O) groups is 2. The van der Waals surface area contributed by atoms with Crippen molar-refractivity contribution in [3.8, 4) is 0 Å². The molecule has 0 fully saturated rings. The number of benzene rings is 2. The van der Waals surface area contributed by atoms with Crippen molar-refractivity contribution in [3.05, 3.63) is 87.9 Å². The fourth-order valence-corrected chi connectivity index (χ4v) is 4.06. The van der Waals surface area contributed by atoms with Crippen LogP contribution in [0.15, 0.2) is 66.0 Å². The minimum absolute atomic E-state index is 0.256. The van der Waals surface area contributed by atoms with Gasteiger partial charge in [0.1, 0.15) is 5.82 Å². The van der Waals surface area contributed by atoms with Crippen LogP contribution in [-0.2, 0) is 16.9 Å². The number of fused-ring (bicyclic) bond motifs is 1. The molecule has 1 aliphatic rings. The standard InChI is InChI=1S/C21H16FNO3S/c22-15-9-7-14(8-10-15)19(24)12-21(26)17-5-1-2-6-18(17)23(20(21)25)13-16-4-3-11-27-16/h1-11,26H,12-13H2/t21-/m1/s1. The molecule has 0 aliphatic carbocycles. The van der Waals surface area contributed by atoms with Gasteiger partial charge in [0.15, 0.2) is 11.4 Å². The lowest BCUT2D eigenvalue weighted by Crippen LogP contribution is -2.41. The quantitative estimate of drug-likeness (QED) is 0.682. The van der Waals surface area contributed by atoms with E-state index in [4.69, 9.17) is 0 Å². The molecular formula is C21H16FNO3S. The van der Waals surface area contributed by atoms with Crippen LogP contribution in [0, 0.1) is 5.82 Å². The second-order valence-corrected chi connectivity index (χ2v) is 7.49. The van der Waals surface area contributed by atoms with Crippen LogP contribution < -0.4 is 4.90 Å².